The SMILES string of the molecule is Cc1nc(N)ncc1C=CCC(=O)O. The van der Waals surface area contributed by atoms with Crippen molar-refractivity contribution in [3.05, 3.63) is 23.5 Å². The third kappa shape index (κ3) is 2.85. The summed E-state index contributed by atoms with van der Waals surface area (Å²) in [7, 11) is 0. The number of carboxylic acid groups (broad SMARTS) is 1. The van der Waals surface area contributed by atoms with E-state index in [1.165, 1.54) is 0 Å². The molecule has 0 atom stereocenters. The summed E-state index contributed by atoms with van der Waals surface area (Å²) in [6.07, 6.45) is 4.77. The van der Waals surface area contributed by atoms with Gasteiger partial charge >= 0.3 is 5.97 Å². The molecule has 0 aliphatic carbocycles. The summed E-state index contributed by atoms with van der Waals surface area (Å²) in [6.45, 7) is 1.79. The van der Waals surface area contributed by atoms with Crippen molar-refractivity contribution in [2.24, 2.45) is 0 Å². The molecule has 5 nitrogen and oxygen atoms in total. The highest BCUT2D eigenvalue weighted by atomic mass is 16.4. The topological polar surface area (TPSA) is 89.1 Å². The van der Waals surface area contributed by atoms with E-state index < -0.39 is 5.97 Å². The summed E-state index contributed by atoms with van der Waals surface area (Å²) in [6, 6.07) is 0. The summed E-state index contributed by atoms with van der Waals surface area (Å²) in [4.78, 5) is 18.0. The third-order valence-corrected chi connectivity index (χ3v) is 1.63. The highest BCUT2D eigenvalue weighted by Gasteiger charge is 1.97. The van der Waals surface area contributed by atoms with Crippen LogP contribution in [0.4, 0.5) is 5.95 Å². The third-order valence-electron chi connectivity index (χ3n) is 1.63. The van der Waals surface area contributed by atoms with Crippen LogP contribution in [0.15, 0.2) is 12.3 Å². The van der Waals surface area contributed by atoms with Crippen molar-refractivity contribution >= 4 is 18.0 Å². The number of hydrogen-bond acceptors (Lipinski definition) is 4. The number of hydrogen-bond donors (Lipinski definition) is 2. The molecule has 1 rings (SSSR count). The Morgan fingerprint density at radius 3 is 3.00 bits per heavy atom. The van der Waals surface area contributed by atoms with Crippen molar-refractivity contribution in [1.29, 1.82) is 0 Å². The molecule has 0 spiro atoms. The Kier molecular flexibility index (Phi) is 3.17. The Hall–Kier alpha value is -1.91. The van der Waals surface area contributed by atoms with Crippen LogP contribution in [0.1, 0.15) is 17.7 Å². The largest absolute Gasteiger partial charge is 0.481 e. The lowest BCUT2D eigenvalue weighted by Gasteiger charge is -1.98. The van der Waals surface area contributed by atoms with Gasteiger partial charge in [-0.15, -0.1) is 0 Å². The van der Waals surface area contributed by atoms with Crippen LogP contribution in [-0.2, 0) is 4.79 Å². The van der Waals surface area contributed by atoms with Crippen LogP contribution in [0.25, 0.3) is 6.08 Å². The summed E-state index contributed by atoms with van der Waals surface area (Å²) >= 11 is 0. The van der Waals surface area contributed by atoms with E-state index in [1.807, 2.05) is 0 Å². The van der Waals surface area contributed by atoms with Crippen molar-refractivity contribution in [1.82, 2.24) is 9.97 Å². The summed E-state index contributed by atoms with van der Waals surface area (Å²) in [5, 5.41) is 8.40. The van der Waals surface area contributed by atoms with Gasteiger partial charge in [-0.2, -0.15) is 0 Å². The lowest BCUT2D eigenvalue weighted by atomic mass is 10.2. The minimum Gasteiger partial charge on any atom is -0.481 e. The first-order chi connectivity index (χ1) is 6.59. The predicted octanol–water partition coefficient (Wildman–Crippen LogP) is 0.855. The molecule has 0 unspecified atom stereocenters. The van der Waals surface area contributed by atoms with Crippen molar-refractivity contribution in [3.8, 4) is 0 Å². The quantitative estimate of drug-likeness (QED) is 0.742. The average Bonchev–Trinajstić information content (AvgIpc) is 2.08. The minimum atomic E-state index is -0.865. The second-order valence-corrected chi connectivity index (χ2v) is 2.77. The van der Waals surface area contributed by atoms with E-state index in [-0.39, 0.29) is 12.4 Å². The van der Waals surface area contributed by atoms with E-state index in [4.69, 9.17) is 10.8 Å². The summed E-state index contributed by atoms with van der Waals surface area (Å²) in [5.74, 6) is -0.645. The second kappa shape index (κ2) is 4.36. The van der Waals surface area contributed by atoms with Crippen LogP contribution in [0.3, 0.4) is 0 Å². The molecular weight excluding hydrogens is 182 g/mol. The van der Waals surface area contributed by atoms with Crippen LogP contribution >= 0.6 is 0 Å². The fourth-order valence-corrected chi connectivity index (χ4v) is 0.945. The van der Waals surface area contributed by atoms with Crippen LogP contribution in [0.2, 0.25) is 0 Å². The molecule has 1 heterocycles. The van der Waals surface area contributed by atoms with E-state index in [1.54, 1.807) is 25.3 Å². The van der Waals surface area contributed by atoms with Gasteiger partial charge in [-0.25, -0.2) is 9.97 Å². The Balaban J connectivity index is 2.76. The first-order valence-corrected chi connectivity index (χ1v) is 4.07. The van der Waals surface area contributed by atoms with Crippen LogP contribution in [0.5, 0.6) is 0 Å². The lowest BCUT2D eigenvalue weighted by Crippen LogP contribution is -1.97. The van der Waals surface area contributed by atoms with Crippen molar-refractivity contribution in [3.63, 3.8) is 0 Å². The van der Waals surface area contributed by atoms with Gasteiger partial charge in [-0.05, 0) is 6.92 Å². The number of nitrogens with two attached hydrogens (primary N) is 1. The van der Waals surface area contributed by atoms with E-state index in [0.29, 0.717) is 0 Å². The van der Waals surface area contributed by atoms with E-state index in [0.717, 1.165) is 11.3 Å². The molecule has 0 saturated carbocycles. The van der Waals surface area contributed by atoms with Gasteiger partial charge in [0.05, 0.1) is 12.1 Å². The number of aliphatic carboxylic acids is 1. The van der Waals surface area contributed by atoms with Gasteiger partial charge in [0.15, 0.2) is 0 Å². The normalized spacial score (nSPS) is 10.6. The molecule has 74 valence electrons. The Bertz CT molecular complexity index is 374. The number of nitrogen functional groups attached to an aromatic ring is 1. The van der Waals surface area contributed by atoms with Gasteiger partial charge in [0.2, 0.25) is 5.95 Å². The fraction of sp³-hybridized carbons (Fsp3) is 0.222. The van der Waals surface area contributed by atoms with Crippen molar-refractivity contribution < 1.29 is 9.90 Å². The molecule has 1 aromatic rings. The first kappa shape index (κ1) is 10.2. The molecule has 0 aliphatic heterocycles. The number of carbonyl (C=O) groups is 1. The molecule has 3 N–H and O–H groups in total. The molecule has 0 saturated heterocycles. The minimum absolute atomic E-state index is 0.0101. The zero-order valence-electron chi connectivity index (χ0n) is 7.77. The first-order valence-electron chi connectivity index (χ1n) is 4.07. The highest BCUT2D eigenvalue weighted by Crippen LogP contribution is 2.07. The van der Waals surface area contributed by atoms with E-state index >= 15 is 0 Å². The van der Waals surface area contributed by atoms with Crippen molar-refractivity contribution in [2.45, 2.75) is 13.3 Å². The van der Waals surface area contributed by atoms with Gasteiger partial charge in [0, 0.05) is 11.8 Å². The number of nitrogens with zero attached hydrogens (tertiary/aromatic N) is 2. The Morgan fingerprint density at radius 2 is 2.43 bits per heavy atom. The average molecular weight is 193 g/mol. The Morgan fingerprint density at radius 1 is 1.71 bits per heavy atom. The van der Waals surface area contributed by atoms with Gasteiger partial charge in [0.1, 0.15) is 0 Å². The number of rotatable bonds is 3. The van der Waals surface area contributed by atoms with Gasteiger partial charge in [0.25, 0.3) is 0 Å². The Labute approximate surface area is 81.3 Å². The smallest absolute Gasteiger partial charge is 0.307 e. The monoisotopic (exact) mass is 193 g/mol. The number of aromatic nitrogens is 2. The molecule has 14 heavy (non-hydrogen) atoms. The number of carboxylic acids is 1. The molecule has 0 radical (unpaired) electrons. The van der Waals surface area contributed by atoms with E-state index in [9.17, 15) is 4.79 Å². The van der Waals surface area contributed by atoms with Crippen molar-refractivity contribution in [2.75, 3.05) is 5.73 Å². The molecular formula is C9H11N3O2. The molecule has 0 fully saturated rings. The van der Waals surface area contributed by atoms with Gasteiger partial charge in [-0.1, -0.05) is 12.2 Å². The standard InChI is InChI=1S/C9H11N3O2/c1-6-7(3-2-4-8(13)14)5-11-9(10)12-6/h2-3,5H,4H2,1H3,(H,13,14)(H2,10,11,12). The van der Waals surface area contributed by atoms with Crippen LogP contribution in [-0.4, -0.2) is 21.0 Å². The zero-order valence-corrected chi connectivity index (χ0v) is 7.77. The van der Waals surface area contributed by atoms with Crippen LogP contribution < -0.4 is 5.73 Å². The highest BCUT2D eigenvalue weighted by molar-refractivity contribution is 5.70. The maximum absolute atomic E-state index is 10.2. The zero-order chi connectivity index (χ0) is 10.6. The van der Waals surface area contributed by atoms with Crippen LogP contribution in [0, 0.1) is 6.92 Å². The van der Waals surface area contributed by atoms with Gasteiger partial charge in [-0.3, -0.25) is 4.79 Å². The predicted molar refractivity (Wildman–Crippen MR) is 52.5 cm³/mol. The molecule has 5 heteroatoms. The lowest BCUT2D eigenvalue weighted by molar-refractivity contribution is -0.135. The maximum Gasteiger partial charge on any atom is 0.307 e. The molecule has 0 aromatic carbocycles. The summed E-state index contributed by atoms with van der Waals surface area (Å²) in [5.41, 5.74) is 6.88. The number of anilines is 1. The molecule has 1 aromatic heterocycles. The van der Waals surface area contributed by atoms with Gasteiger partial charge < -0.3 is 10.8 Å². The maximum atomic E-state index is 10.2. The molecule has 0 aliphatic rings. The molecule has 0 amide bonds. The number of aryl methyl sites for hydroxylation is 1. The molecule has 0 bridgehead atoms. The van der Waals surface area contributed by atoms with E-state index in [2.05, 4.69) is 9.97 Å². The summed E-state index contributed by atoms with van der Waals surface area (Å²) < 4.78 is 0. The second-order valence-electron chi connectivity index (χ2n) is 2.77. The fourth-order valence-electron chi connectivity index (χ4n) is 0.945.